The normalized spacial score (nSPS) is 25.1. The van der Waals surface area contributed by atoms with Crippen LogP contribution < -0.4 is 5.32 Å². The number of carbonyl (C=O) groups is 1. The second-order valence-electron chi connectivity index (χ2n) is 5.67. The number of carboxylic acid groups (broad SMARTS) is 1. The van der Waals surface area contributed by atoms with Crippen molar-refractivity contribution in [3.63, 3.8) is 0 Å². The van der Waals surface area contributed by atoms with Gasteiger partial charge in [0, 0.05) is 0 Å². The first-order valence-electron chi connectivity index (χ1n) is 7.22. The Kier molecular flexibility index (Phi) is 4.46. The van der Waals surface area contributed by atoms with E-state index in [0.29, 0.717) is 24.4 Å². The summed E-state index contributed by atoms with van der Waals surface area (Å²) in [7, 11) is 0. The molecular weight excluding hydrogens is 271 g/mol. The van der Waals surface area contributed by atoms with E-state index in [0.717, 1.165) is 25.3 Å². The number of nitriles is 1. The minimum absolute atomic E-state index is 0.133. The van der Waals surface area contributed by atoms with Gasteiger partial charge in [-0.3, -0.25) is 0 Å². The van der Waals surface area contributed by atoms with E-state index in [1.807, 2.05) is 6.07 Å². The molecule has 0 atom stereocenters. The number of nitrogens with zero attached hydrogens (tertiary/aromatic N) is 1. The topological polar surface area (TPSA) is 73.1 Å². The molecule has 1 saturated carbocycles. The third-order valence-electron chi connectivity index (χ3n) is 4.42. The number of anilines is 1. The molecule has 2 N–H and O–H groups in total. The molecule has 2 rings (SSSR count). The maximum Gasteiger partial charge on any atom is 0.329 e. The highest BCUT2D eigenvalue weighted by atomic mass is 19.1. The van der Waals surface area contributed by atoms with E-state index in [4.69, 9.17) is 5.26 Å². The van der Waals surface area contributed by atoms with Gasteiger partial charge in [0.25, 0.3) is 0 Å². The van der Waals surface area contributed by atoms with Crippen LogP contribution in [-0.4, -0.2) is 16.6 Å². The molecule has 1 aliphatic rings. The van der Waals surface area contributed by atoms with Crippen molar-refractivity contribution in [1.82, 2.24) is 0 Å². The number of nitrogens with one attached hydrogen (secondary N) is 1. The molecular formula is C16H19FN2O2. The van der Waals surface area contributed by atoms with Crippen molar-refractivity contribution in [2.45, 2.75) is 44.6 Å². The molecule has 1 aromatic carbocycles. The maximum absolute atomic E-state index is 13.2. The van der Waals surface area contributed by atoms with Crippen LogP contribution in [-0.2, 0) is 4.79 Å². The van der Waals surface area contributed by atoms with Crippen molar-refractivity contribution >= 4 is 11.7 Å². The van der Waals surface area contributed by atoms with Crippen molar-refractivity contribution < 1.29 is 14.3 Å². The highest BCUT2D eigenvalue weighted by Gasteiger charge is 2.42. The van der Waals surface area contributed by atoms with Crippen LogP contribution >= 0.6 is 0 Å². The van der Waals surface area contributed by atoms with E-state index in [2.05, 4.69) is 12.2 Å². The Morgan fingerprint density at radius 2 is 2.19 bits per heavy atom. The van der Waals surface area contributed by atoms with Gasteiger partial charge in [-0.05, 0) is 49.8 Å². The second-order valence-corrected chi connectivity index (χ2v) is 5.67. The average Bonchev–Trinajstić information content (AvgIpc) is 2.49. The number of hydrogen-bond donors (Lipinski definition) is 2. The Hall–Kier alpha value is -2.09. The molecule has 0 unspecified atom stereocenters. The van der Waals surface area contributed by atoms with E-state index in [1.165, 1.54) is 12.1 Å². The molecule has 21 heavy (non-hydrogen) atoms. The largest absolute Gasteiger partial charge is 0.480 e. The summed E-state index contributed by atoms with van der Waals surface area (Å²) in [6.45, 7) is 2.11. The lowest BCUT2D eigenvalue weighted by molar-refractivity contribution is -0.143. The van der Waals surface area contributed by atoms with Crippen LogP contribution in [0.5, 0.6) is 0 Å². The molecule has 0 amide bonds. The Morgan fingerprint density at radius 3 is 2.71 bits per heavy atom. The fraction of sp³-hybridized carbons (Fsp3) is 0.500. The van der Waals surface area contributed by atoms with Crippen molar-refractivity contribution in [2.24, 2.45) is 5.92 Å². The first-order valence-corrected chi connectivity index (χ1v) is 7.22. The summed E-state index contributed by atoms with van der Waals surface area (Å²) in [5, 5.41) is 21.7. The summed E-state index contributed by atoms with van der Waals surface area (Å²) in [5.74, 6) is -0.857. The highest BCUT2D eigenvalue weighted by molar-refractivity contribution is 5.83. The van der Waals surface area contributed by atoms with Gasteiger partial charge in [0.15, 0.2) is 0 Å². The van der Waals surface area contributed by atoms with Gasteiger partial charge >= 0.3 is 5.97 Å². The monoisotopic (exact) mass is 290 g/mol. The molecule has 0 radical (unpaired) electrons. The van der Waals surface area contributed by atoms with Crippen molar-refractivity contribution in [2.75, 3.05) is 5.32 Å². The standard InChI is InChI=1S/C16H19FN2O2/c1-2-11-5-7-16(8-6-11,15(20)21)19-14-4-3-13(17)9-12(14)10-18/h3-4,9,11,19H,2,5-8H2,1H3,(H,20,21). The lowest BCUT2D eigenvalue weighted by atomic mass is 9.75. The van der Waals surface area contributed by atoms with Crippen molar-refractivity contribution in [3.8, 4) is 6.07 Å². The molecule has 0 spiro atoms. The van der Waals surface area contributed by atoms with Gasteiger partial charge in [0.05, 0.1) is 11.3 Å². The summed E-state index contributed by atoms with van der Waals surface area (Å²) in [5.41, 5.74) is -0.542. The maximum atomic E-state index is 13.2. The van der Waals surface area contributed by atoms with Gasteiger partial charge in [0.1, 0.15) is 17.4 Å². The number of carboxylic acids is 1. The van der Waals surface area contributed by atoms with Crippen LogP contribution in [0.3, 0.4) is 0 Å². The summed E-state index contributed by atoms with van der Waals surface area (Å²) in [4.78, 5) is 11.7. The fourth-order valence-electron chi connectivity index (χ4n) is 2.95. The van der Waals surface area contributed by atoms with E-state index in [9.17, 15) is 14.3 Å². The summed E-state index contributed by atoms with van der Waals surface area (Å²) in [6.07, 6.45) is 3.78. The molecule has 0 heterocycles. The third-order valence-corrected chi connectivity index (χ3v) is 4.42. The Bertz CT molecular complexity index is 572. The summed E-state index contributed by atoms with van der Waals surface area (Å²) in [6, 6.07) is 5.69. The molecule has 112 valence electrons. The Morgan fingerprint density at radius 1 is 1.52 bits per heavy atom. The molecule has 0 bridgehead atoms. The van der Waals surface area contributed by atoms with Crippen LogP contribution in [0.4, 0.5) is 10.1 Å². The van der Waals surface area contributed by atoms with E-state index < -0.39 is 17.3 Å². The lowest BCUT2D eigenvalue weighted by Gasteiger charge is -2.38. The predicted octanol–water partition coefficient (Wildman–Crippen LogP) is 3.53. The SMILES string of the molecule is CCC1CCC(Nc2ccc(F)cc2C#N)(C(=O)O)CC1. The van der Waals surface area contributed by atoms with Crippen LogP contribution in [0.1, 0.15) is 44.6 Å². The van der Waals surface area contributed by atoms with E-state index in [1.54, 1.807) is 0 Å². The highest BCUT2D eigenvalue weighted by Crippen LogP contribution is 2.37. The Balaban J connectivity index is 2.26. The van der Waals surface area contributed by atoms with Gasteiger partial charge in [-0.2, -0.15) is 5.26 Å². The minimum atomic E-state index is -1.06. The molecule has 5 heteroatoms. The second kappa shape index (κ2) is 6.13. The fourth-order valence-corrected chi connectivity index (χ4v) is 2.95. The van der Waals surface area contributed by atoms with Gasteiger partial charge in [0.2, 0.25) is 0 Å². The molecule has 1 aliphatic carbocycles. The number of rotatable bonds is 4. The van der Waals surface area contributed by atoms with Crippen LogP contribution in [0.25, 0.3) is 0 Å². The third kappa shape index (κ3) is 3.15. The first kappa shape index (κ1) is 15.3. The number of halogens is 1. The van der Waals surface area contributed by atoms with Crippen LogP contribution in [0.15, 0.2) is 18.2 Å². The lowest BCUT2D eigenvalue weighted by Crippen LogP contribution is -2.49. The van der Waals surface area contributed by atoms with Gasteiger partial charge < -0.3 is 10.4 Å². The molecule has 1 fully saturated rings. The zero-order chi connectivity index (χ0) is 15.5. The zero-order valence-corrected chi connectivity index (χ0v) is 12.0. The smallest absolute Gasteiger partial charge is 0.329 e. The summed E-state index contributed by atoms with van der Waals surface area (Å²) >= 11 is 0. The first-order chi connectivity index (χ1) is 10.0. The zero-order valence-electron chi connectivity index (χ0n) is 12.0. The quantitative estimate of drug-likeness (QED) is 0.889. The van der Waals surface area contributed by atoms with Crippen molar-refractivity contribution in [1.29, 1.82) is 5.26 Å². The number of hydrogen-bond acceptors (Lipinski definition) is 3. The molecule has 0 saturated heterocycles. The predicted molar refractivity (Wildman–Crippen MR) is 77.4 cm³/mol. The van der Waals surface area contributed by atoms with Crippen LogP contribution in [0, 0.1) is 23.1 Å². The molecule has 0 aliphatic heterocycles. The molecule has 1 aromatic rings. The Labute approximate surface area is 123 Å². The molecule has 4 nitrogen and oxygen atoms in total. The van der Waals surface area contributed by atoms with Gasteiger partial charge in [-0.1, -0.05) is 13.3 Å². The van der Waals surface area contributed by atoms with Crippen LogP contribution in [0.2, 0.25) is 0 Å². The van der Waals surface area contributed by atoms with E-state index in [-0.39, 0.29) is 5.56 Å². The average molecular weight is 290 g/mol. The van der Waals surface area contributed by atoms with Crippen molar-refractivity contribution in [3.05, 3.63) is 29.6 Å². The summed E-state index contributed by atoms with van der Waals surface area (Å²) < 4.78 is 13.2. The van der Waals surface area contributed by atoms with Gasteiger partial charge in [-0.15, -0.1) is 0 Å². The van der Waals surface area contributed by atoms with E-state index >= 15 is 0 Å². The minimum Gasteiger partial charge on any atom is -0.480 e. The number of aliphatic carboxylic acids is 1. The van der Waals surface area contributed by atoms with Gasteiger partial charge in [-0.25, -0.2) is 9.18 Å². The number of benzene rings is 1. The molecule has 0 aromatic heterocycles.